The highest BCUT2D eigenvalue weighted by Crippen LogP contribution is 2.28. The second kappa shape index (κ2) is 6.67. The Kier molecular flexibility index (Phi) is 4.68. The maximum Gasteiger partial charge on any atom is 0.271 e. The standard InChI is InChI=1S/C13H10ClN3O4/c14-10-7-9(17(19)20)4-5-11(10)21-8-13(18)16-12-3-1-2-6-15-12/h1-7H,8H2,(H,15,16,18). The van der Waals surface area contributed by atoms with Gasteiger partial charge in [-0.05, 0) is 18.2 Å². The van der Waals surface area contributed by atoms with E-state index in [4.69, 9.17) is 16.3 Å². The average molecular weight is 308 g/mol. The molecule has 0 saturated heterocycles. The number of carbonyl (C=O) groups is 1. The van der Waals surface area contributed by atoms with Gasteiger partial charge in [0.1, 0.15) is 11.6 Å². The van der Waals surface area contributed by atoms with E-state index in [1.807, 2.05) is 0 Å². The number of ether oxygens (including phenoxy) is 1. The van der Waals surface area contributed by atoms with E-state index < -0.39 is 10.8 Å². The number of anilines is 1. The quantitative estimate of drug-likeness (QED) is 0.677. The molecule has 2 aromatic rings. The van der Waals surface area contributed by atoms with Gasteiger partial charge in [-0.25, -0.2) is 4.98 Å². The number of pyridine rings is 1. The highest BCUT2D eigenvalue weighted by Gasteiger charge is 2.11. The molecular formula is C13H10ClN3O4. The van der Waals surface area contributed by atoms with Gasteiger partial charge in [0.2, 0.25) is 0 Å². The molecule has 21 heavy (non-hydrogen) atoms. The summed E-state index contributed by atoms with van der Waals surface area (Å²) < 4.78 is 5.21. The van der Waals surface area contributed by atoms with Crippen LogP contribution in [0.4, 0.5) is 11.5 Å². The summed E-state index contributed by atoms with van der Waals surface area (Å²) >= 11 is 5.84. The van der Waals surface area contributed by atoms with Crippen molar-refractivity contribution in [1.29, 1.82) is 0 Å². The molecule has 7 nitrogen and oxygen atoms in total. The molecule has 0 aliphatic rings. The van der Waals surface area contributed by atoms with Gasteiger partial charge in [0.05, 0.1) is 9.95 Å². The molecule has 1 amide bonds. The predicted octanol–water partition coefficient (Wildman–Crippen LogP) is 2.66. The third-order valence-corrected chi connectivity index (χ3v) is 2.71. The Morgan fingerprint density at radius 1 is 1.38 bits per heavy atom. The third kappa shape index (κ3) is 4.15. The Balaban J connectivity index is 1.94. The fourth-order valence-electron chi connectivity index (χ4n) is 1.48. The first kappa shape index (κ1) is 14.7. The summed E-state index contributed by atoms with van der Waals surface area (Å²) in [6.45, 7) is -0.284. The number of nitrogens with one attached hydrogen (secondary N) is 1. The van der Waals surface area contributed by atoms with E-state index >= 15 is 0 Å². The fourth-order valence-corrected chi connectivity index (χ4v) is 1.71. The summed E-state index contributed by atoms with van der Waals surface area (Å²) in [5, 5.41) is 13.2. The summed E-state index contributed by atoms with van der Waals surface area (Å²) in [6, 6.07) is 8.84. The van der Waals surface area contributed by atoms with E-state index in [-0.39, 0.29) is 23.1 Å². The summed E-state index contributed by atoms with van der Waals surface area (Å²) in [5.41, 5.74) is -0.148. The van der Waals surface area contributed by atoms with Crippen LogP contribution in [0.25, 0.3) is 0 Å². The number of carbonyl (C=O) groups excluding carboxylic acids is 1. The van der Waals surface area contributed by atoms with Crippen LogP contribution in [0.3, 0.4) is 0 Å². The number of nitro groups is 1. The van der Waals surface area contributed by atoms with Crippen molar-refractivity contribution in [3.05, 3.63) is 57.7 Å². The lowest BCUT2D eigenvalue weighted by molar-refractivity contribution is -0.384. The number of nitrogens with zero attached hydrogens (tertiary/aromatic N) is 2. The second-order valence-electron chi connectivity index (χ2n) is 3.92. The van der Waals surface area contributed by atoms with Gasteiger partial charge in [-0.2, -0.15) is 0 Å². The number of hydrogen-bond donors (Lipinski definition) is 1. The Morgan fingerprint density at radius 2 is 2.19 bits per heavy atom. The van der Waals surface area contributed by atoms with Gasteiger partial charge in [0, 0.05) is 18.3 Å². The zero-order valence-corrected chi connectivity index (χ0v) is 11.4. The molecule has 108 valence electrons. The lowest BCUT2D eigenvalue weighted by Crippen LogP contribution is -2.20. The molecule has 0 aliphatic heterocycles. The van der Waals surface area contributed by atoms with Crippen molar-refractivity contribution >= 4 is 29.0 Å². The molecule has 0 fully saturated rings. The largest absolute Gasteiger partial charge is 0.482 e. The van der Waals surface area contributed by atoms with Crippen LogP contribution in [0.1, 0.15) is 0 Å². The Labute approximate surface area is 124 Å². The van der Waals surface area contributed by atoms with E-state index in [0.717, 1.165) is 6.07 Å². The van der Waals surface area contributed by atoms with E-state index in [1.54, 1.807) is 24.4 Å². The Bertz CT molecular complexity index is 664. The minimum Gasteiger partial charge on any atom is -0.482 e. The maximum absolute atomic E-state index is 11.6. The first-order valence-corrected chi connectivity index (χ1v) is 6.21. The number of benzene rings is 1. The molecular weight excluding hydrogens is 298 g/mol. The van der Waals surface area contributed by atoms with Crippen LogP contribution in [-0.4, -0.2) is 22.4 Å². The number of hydrogen-bond acceptors (Lipinski definition) is 5. The van der Waals surface area contributed by atoms with Crippen LogP contribution in [0.15, 0.2) is 42.6 Å². The molecule has 0 aliphatic carbocycles. The molecule has 8 heteroatoms. The molecule has 1 aromatic heterocycles. The molecule has 2 rings (SSSR count). The van der Waals surface area contributed by atoms with Gasteiger partial charge in [-0.1, -0.05) is 17.7 Å². The highest BCUT2D eigenvalue weighted by molar-refractivity contribution is 6.32. The summed E-state index contributed by atoms with van der Waals surface area (Å²) in [6.07, 6.45) is 1.55. The molecule has 1 heterocycles. The van der Waals surface area contributed by atoms with Crippen LogP contribution in [0, 0.1) is 10.1 Å². The van der Waals surface area contributed by atoms with E-state index in [0.29, 0.717) is 5.82 Å². The molecule has 0 radical (unpaired) electrons. The Hall–Kier alpha value is -2.67. The van der Waals surface area contributed by atoms with Gasteiger partial charge >= 0.3 is 0 Å². The highest BCUT2D eigenvalue weighted by atomic mass is 35.5. The minimum absolute atomic E-state index is 0.0647. The van der Waals surface area contributed by atoms with Gasteiger partial charge in [-0.15, -0.1) is 0 Å². The van der Waals surface area contributed by atoms with Crippen molar-refractivity contribution in [2.75, 3.05) is 11.9 Å². The van der Waals surface area contributed by atoms with Crippen molar-refractivity contribution < 1.29 is 14.5 Å². The summed E-state index contributed by atoms with van der Waals surface area (Å²) in [4.78, 5) is 25.6. The fraction of sp³-hybridized carbons (Fsp3) is 0.0769. The monoisotopic (exact) mass is 307 g/mol. The molecule has 0 saturated carbocycles. The molecule has 1 N–H and O–H groups in total. The van der Waals surface area contributed by atoms with Crippen molar-refractivity contribution in [3.8, 4) is 5.75 Å². The molecule has 0 spiro atoms. The number of non-ortho nitro benzene ring substituents is 1. The summed E-state index contributed by atoms with van der Waals surface area (Å²) in [7, 11) is 0. The first-order chi connectivity index (χ1) is 10.1. The molecule has 0 unspecified atom stereocenters. The van der Waals surface area contributed by atoms with Crippen LogP contribution in [0.2, 0.25) is 5.02 Å². The van der Waals surface area contributed by atoms with Crippen molar-refractivity contribution in [3.63, 3.8) is 0 Å². The number of rotatable bonds is 5. The Morgan fingerprint density at radius 3 is 2.81 bits per heavy atom. The lowest BCUT2D eigenvalue weighted by atomic mass is 10.3. The zero-order valence-electron chi connectivity index (χ0n) is 10.7. The maximum atomic E-state index is 11.6. The topological polar surface area (TPSA) is 94.4 Å². The summed E-state index contributed by atoms with van der Waals surface area (Å²) in [5.74, 6) is 0.183. The van der Waals surface area contributed by atoms with Crippen molar-refractivity contribution in [1.82, 2.24) is 4.98 Å². The van der Waals surface area contributed by atoms with Crippen LogP contribution in [-0.2, 0) is 4.79 Å². The third-order valence-electron chi connectivity index (χ3n) is 2.42. The molecule has 1 aromatic carbocycles. The average Bonchev–Trinajstić information content (AvgIpc) is 2.47. The van der Waals surface area contributed by atoms with E-state index in [9.17, 15) is 14.9 Å². The second-order valence-corrected chi connectivity index (χ2v) is 4.33. The van der Waals surface area contributed by atoms with Crippen molar-refractivity contribution in [2.45, 2.75) is 0 Å². The van der Waals surface area contributed by atoms with Crippen LogP contribution in [0.5, 0.6) is 5.75 Å². The van der Waals surface area contributed by atoms with Gasteiger partial charge in [0.25, 0.3) is 11.6 Å². The van der Waals surface area contributed by atoms with Gasteiger partial charge < -0.3 is 10.1 Å². The van der Waals surface area contributed by atoms with E-state index in [1.165, 1.54) is 12.1 Å². The van der Waals surface area contributed by atoms with Crippen LogP contribution >= 0.6 is 11.6 Å². The minimum atomic E-state index is -0.566. The van der Waals surface area contributed by atoms with E-state index in [2.05, 4.69) is 10.3 Å². The number of amides is 1. The number of halogens is 1. The smallest absolute Gasteiger partial charge is 0.271 e. The predicted molar refractivity (Wildman–Crippen MR) is 76.5 cm³/mol. The number of aromatic nitrogens is 1. The van der Waals surface area contributed by atoms with Crippen LogP contribution < -0.4 is 10.1 Å². The first-order valence-electron chi connectivity index (χ1n) is 5.84. The SMILES string of the molecule is O=C(COc1ccc([N+](=O)[O-])cc1Cl)Nc1ccccn1. The lowest BCUT2D eigenvalue weighted by Gasteiger charge is -2.08. The van der Waals surface area contributed by atoms with Gasteiger partial charge in [-0.3, -0.25) is 14.9 Å². The normalized spacial score (nSPS) is 9.95. The van der Waals surface area contributed by atoms with Gasteiger partial charge in [0.15, 0.2) is 6.61 Å². The molecule has 0 bridgehead atoms. The van der Waals surface area contributed by atoms with Crippen molar-refractivity contribution in [2.24, 2.45) is 0 Å². The molecule has 0 atom stereocenters. The zero-order chi connectivity index (χ0) is 15.2. The number of nitro benzene ring substituents is 1.